The van der Waals surface area contributed by atoms with Gasteiger partial charge in [-0.15, -0.1) is 0 Å². The van der Waals surface area contributed by atoms with Crippen LogP contribution in [0.25, 0.3) is 0 Å². The van der Waals surface area contributed by atoms with Gasteiger partial charge in [0, 0.05) is 31.6 Å². The molecule has 100 valence electrons. The molecule has 2 aliphatic rings. The van der Waals surface area contributed by atoms with Gasteiger partial charge >= 0.3 is 0 Å². The summed E-state index contributed by atoms with van der Waals surface area (Å²) in [4.78, 5) is 25.0. The monoisotopic (exact) mass is 258 g/mol. The number of anilines is 1. The summed E-state index contributed by atoms with van der Waals surface area (Å²) in [5.74, 6) is 0.446. The summed E-state index contributed by atoms with van der Waals surface area (Å²) >= 11 is 0. The van der Waals surface area contributed by atoms with Crippen LogP contribution in [0.5, 0.6) is 0 Å². The minimum absolute atomic E-state index is 0.109. The maximum absolute atomic E-state index is 11.7. The van der Waals surface area contributed by atoms with E-state index in [1.165, 1.54) is 5.56 Å². The number of amides is 2. The quantitative estimate of drug-likeness (QED) is 0.881. The van der Waals surface area contributed by atoms with Gasteiger partial charge in [-0.25, -0.2) is 0 Å². The van der Waals surface area contributed by atoms with Crippen LogP contribution < -0.4 is 5.32 Å². The van der Waals surface area contributed by atoms with E-state index in [1.54, 1.807) is 6.92 Å². The zero-order valence-corrected chi connectivity index (χ0v) is 11.1. The van der Waals surface area contributed by atoms with E-state index in [0.29, 0.717) is 6.54 Å². The van der Waals surface area contributed by atoms with Crippen molar-refractivity contribution in [2.45, 2.75) is 32.7 Å². The molecule has 1 fully saturated rings. The molecule has 1 aliphatic carbocycles. The lowest BCUT2D eigenvalue weighted by molar-refractivity contribution is -0.129. The fourth-order valence-electron chi connectivity index (χ4n) is 2.49. The third-order valence-corrected chi connectivity index (χ3v) is 3.88. The summed E-state index contributed by atoms with van der Waals surface area (Å²) in [7, 11) is 0. The molecule has 0 atom stereocenters. The van der Waals surface area contributed by atoms with Crippen molar-refractivity contribution in [1.29, 1.82) is 0 Å². The van der Waals surface area contributed by atoms with Crippen molar-refractivity contribution in [2.24, 2.45) is 5.92 Å². The molecule has 0 bridgehead atoms. The molecule has 1 heterocycles. The number of nitrogens with zero attached hydrogens (tertiary/aromatic N) is 1. The van der Waals surface area contributed by atoms with Gasteiger partial charge in [0.05, 0.1) is 0 Å². The zero-order valence-electron chi connectivity index (χ0n) is 11.1. The molecule has 1 saturated carbocycles. The molecular weight excluding hydrogens is 240 g/mol. The standard InChI is InChI=1S/C15H18N2O2/c1-10(18)17-7-6-11-4-5-14(8-13(11)9-17)16-15(19)12-2-3-12/h4-5,8,12H,2-3,6-7,9H2,1H3,(H,16,19). The molecule has 1 aromatic carbocycles. The number of hydrogen-bond acceptors (Lipinski definition) is 2. The predicted molar refractivity (Wildman–Crippen MR) is 72.6 cm³/mol. The number of fused-ring (bicyclic) bond motifs is 1. The Hall–Kier alpha value is -1.84. The van der Waals surface area contributed by atoms with Crippen LogP contribution in [0.3, 0.4) is 0 Å². The lowest BCUT2D eigenvalue weighted by atomic mass is 9.99. The van der Waals surface area contributed by atoms with E-state index in [0.717, 1.165) is 37.1 Å². The average Bonchev–Trinajstić information content (AvgIpc) is 3.22. The maximum Gasteiger partial charge on any atom is 0.227 e. The predicted octanol–water partition coefficient (Wildman–Crippen LogP) is 1.94. The van der Waals surface area contributed by atoms with E-state index in [2.05, 4.69) is 11.4 Å². The molecule has 0 saturated heterocycles. The average molecular weight is 258 g/mol. The largest absolute Gasteiger partial charge is 0.338 e. The van der Waals surface area contributed by atoms with Crippen LogP contribution in [-0.2, 0) is 22.6 Å². The van der Waals surface area contributed by atoms with Gasteiger partial charge in [0.25, 0.3) is 0 Å². The van der Waals surface area contributed by atoms with Crippen LogP contribution in [0.15, 0.2) is 18.2 Å². The Morgan fingerprint density at radius 3 is 2.74 bits per heavy atom. The second-order valence-corrected chi connectivity index (χ2v) is 5.44. The topological polar surface area (TPSA) is 49.4 Å². The molecule has 1 aliphatic heterocycles. The Morgan fingerprint density at radius 2 is 2.05 bits per heavy atom. The summed E-state index contributed by atoms with van der Waals surface area (Å²) in [6.07, 6.45) is 2.91. The molecule has 4 nitrogen and oxygen atoms in total. The lowest BCUT2D eigenvalue weighted by Crippen LogP contribution is -2.34. The number of nitrogens with one attached hydrogen (secondary N) is 1. The SMILES string of the molecule is CC(=O)N1CCc2ccc(NC(=O)C3CC3)cc2C1. The summed E-state index contributed by atoms with van der Waals surface area (Å²) in [6.45, 7) is 3.04. The number of carbonyl (C=O) groups excluding carboxylic acids is 2. The van der Waals surface area contributed by atoms with E-state index in [-0.39, 0.29) is 17.7 Å². The fourth-order valence-corrected chi connectivity index (χ4v) is 2.49. The van der Waals surface area contributed by atoms with Gasteiger partial charge in [0.1, 0.15) is 0 Å². The van der Waals surface area contributed by atoms with Gasteiger partial charge in [-0.2, -0.15) is 0 Å². The Labute approximate surface area is 112 Å². The van der Waals surface area contributed by atoms with Crippen LogP contribution in [0.2, 0.25) is 0 Å². The van der Waals surface area contributed by atoms with Crippen molar-refractivity contribution in [3.63, 3.8) is 0 Å². The molecule has 1 aromatic rings. The molecule has 19 heavy (non-hydrogen) atoms. The van der Waals surface area contributed by atoms with Crippen molar-refractivity contribution < 1.29 is 9.59 Å². The van der Waals surface area contributed by atoms with E-state index in [1.807, 2.05) is 17.0 Å². The lowest BCUT2D eigenvalue weighted by Gasteiger charge is -2.28. The summed E-state index contributed by atoms with van der Waals surface area (Å²) in [5.41, 5.74) is 3.28. The molecule has 2 amide bonds. The summed E-state index contributed by atoms with van der Waals surface area (Å²) < 4.78 is 0. The van der Waals surface area contributed by atoms with Gasteiger partial charge in [0.2, 0.25) is 11.8 Å². The molecule has 0 unspecified atom stereocenters. The van der Waals surface area contributed by atoms with Crippen molar-refractivity contribution in [2.75, 3.05) is 11.9 Å². The van der Waals surface area contributed by atoms with Crippen LogP contribution in [0, 0.1) is 5.92 Å². The first-order valence-corrected chi connectivity index (χ1v) is 6.81. The first kappa shape index (κ1) is 12.2. The van der Waals surface area contributed by atoms with Crippen molar-refractivity contribution >= 4 is 17.5 Å². The van der Waals surface area contributed by atoms with E-state index >= 15 is 0 Å². The summed E-state index contributed by atoms with van der Waals surface area (Å²) in [5, 5.41) is 2.96. The Balaban J connectivity index is 1.76. The van der Waals surface area contributed by atoms with Crippen LogP contribution in [0.1, 0.15) is 30.9 Å². The van der Waals surface area contributed by atoms with E-state index in [9.17, 15) is 9.59 Å². The minimum Gasteiger partial charge on any atom is -0.338 e. The molecule has 0 aromatic heterocycles. The molecule has 1 N–H and O–H groups in total. The van der Waals surface area contributed by atoms with Gasteiger partial charge < -0.3 is 10.2 Å². The molecular formula is C15H18N2O2. The third-order valence-electron chi connectivity index (χ3n) is 3.88. The van der Waals surface area contributed by atoms with Gasteiger partial charge in [-0.3, -0.25) is 9.59 Å². The fraction of sp³-hybridized carbons (Fsp3) is 0.467. The first-order valence-electron chi connectivity index (χ1n) is 6.81. The highest BCUT2D eigenvalue weighted by molar-refractivity contribution is 5.94. The highest BCUT2D eigenvalue weighted by Crippen LogP contribution is 2.30. The van der Waals surface area contributed by atoms with Gasteiger partial charge in [-0.1, -0.05) is 6.07 Å². The molecule has 4 heteroatoms. The minimum atomic E-state index is 0.109. The van der Waals surface area contributed by atoms with E-state index < -0.39 is 0 Å². The second kappa shape index (κ2) is 4.68. The Kier molecular flexibility index (Phi) is 3.01. The third kappa shape index (κ3) is 2.62. The number of hydrogen-bond donors (Lipinski definition) is 1. The highest BCUT2D eigenvalue weighted by atomic mass is 16.2. The Morgan fingerprint density at radius 1 is 1.26 bits per heavy atom. The first-order chi connectivity index (χ1) is 9.13. The van der Waals surface area contributed by atoms with Crippen molar-refractivity contribution in [3.05, 3.63) is 29.3 Å². The number of benzene rings is 1. The highest BCUT2D eigenvalue weighted by Gasteiger charge is 2.29. The maximum atomic E-state index is 11.7. The van der Waals surface area contributed by atoms with Crippen molar-refractivity contribution in [1.82, 2.24) is 4.90 Å². The van der Waals surface area contributed by atoms with Crippen molar-refractivity contribution in [3.8, 4) is 0 Å². The summed E-state index contributed by atoms with van der Waals surface area (Å²) in [6, 6.07) is 6.03. The van der Waals surface area contributed by atoms with Crippen LogP contribution >= 0.6 is 0 Å². The van der Waals surface area contributed by atoms with Crippen LogP contribution in [-0.4, -0.2) is 23.3 Å². The number of carbonyl (C=O) groups is 2. The zero-order chi connectivity index (χ0) is 13.4. The molecule has 3 rings (SSSR count). The smallest absolute Gasteiger partial charge is 0.227 e. The van der Waals surface area contributed by atoms with Gasteiger partial charge in [-0.05, 0) is 42.5 Å². The second-order valence-electron chi connectivity index (χ2n) is 5.44. The number of rotatable bonds is 2. The Bertz CT molecular complexity index is 535. The van der Waals surface area contributed by atoms with Crippen LogP contribution in [0.4, 0.5) is 5.69 Å². The van der Waals surface area contributed by atoms with E-state index in [4.69, 9.17) is 0 Å². The molecule has 0 radical (unpaired) electrons. The molecule has 0 spiro atoms. The normalized spacial score (nSPS) is 17.8. The van der Waals surface area contributed by atoms with Gasteiger partial charge in [0.15, 0.2) is 0 Å².